The second kappa shape index (κ2) is 4.25. The number of aliphatic hydroxyl groups is 1. The largest absolute Gasteiger partial charge is 0.389 e. The lowest BCUT2D eigenvalue weighted by Crippen LogP contribution is -2.59. The van der Waals surface area contributed by atoms with Crippen LogP contribution in [0.25, 0.3) is 0 Å². The van der Waals surface area contributed by atoms with E-state index in [1.807, 2.05) is 4.90 Å². The molecule has 3 fully saturated rings. The van der Waals surface area contributed by atoms with Crippen molar-refractivity contribution < 1.29 is 9.90 Å². The Hall–Kier alpha value is -0.610. The van der Waals surface area contributed by atoms with Gasteiger partial charge in [-0.25, -0.2) is 0 Å². The van der Waals surface area contributed by atoms with Crippen LogP contribution < -0.4 is 5.32 Å². The molecule has 2 aliphatic heterocycles. The van der Waals surface area contributed by atoms with Crippen molar-refractivity contribution in [3.8, 4) is 0 Å². The van der Waals surface area contributed by atoms with Gasteiger partial charge in [-0.05, 0) is 19.3 Å². The third-order valence-corrected chi connectivity index (χ3v) is 4.87. The van der Waals surface area contributed by atoms with Gasteiger partial charge in [0.2, 0.25) is 5.91 Å². The summed E-state index contributed by atoms with van der Waals surface area (Å²) in [5.41, 5.74) is -0.465. The molecule has 3 aliphatic rings. The van der Waals surface area contributed by atoms with Gasteiger partial charge in [0, 0.05) is 32.1 Å². The number of carbonyl (C=O) groups excluding carboxylic acids is 1. The molecule has 0 bridgehead atoms. The van der Waals surface area contributed by atoms with Crippen molar-refractivity contribution in [2.24, 2.45) is 11.8 Å². The molecule has 0 spiro atoms. The number of hydrogen-bond donors (Lipinski definition) is 2. The molecule has 2 N–H and O–H groups in total. The summed E-state index contributed by atoms with van der Waals surface area (Å²) in [6, 6.07) is 0. The van der Waals surface area contributed by atoms with Crippen LogP contribution in [0.3, 0.4) is 0 Å². The Morgan fingerprint density at radius 1 is 1.29 bits per heavy atom. The van der Waals surface area contributed by atoms with Crippen molar-refractivity contribution in [1.29, 1.82) is 0 Å². The van der Waals surface area contributed by atoms with Gasteiger partial charge in [-0.2, -0.15) is 0 Å². The minimum Gasteiger partial charge on any atom is -0.389 e. The lowest BCUT2D eigenvalue weighted by molar-refractivity contribution is -0.148. The lowest BCUT2D eigenvalue weighted by Gasteiger charge is -2.48. The number of hydrogen-bond acceptors (Lipinski definition) is 3. The molecule has 2 atom stereocenters. The number of fused-ring (bicyclic) bond motifs is 1. The first-order valence-corrected chi connectivity index (χ1v) is 6.91. The number of nitrogens with zero attached hydrogens (tertiary/aromatic N) is 1. The monoisotopic (exact) mass is 238 g/mol. The number of likely N-dealkylation sites (tertiary alicyclic amines) is 1. The fourth-order valence-corrected chi connectivity index (χ4v) is 3.49. The highest BCUT2D eigenvalue weighted by Gasteiger charge is 2.44. The van der Waals surface area contributed by atoms with E-state index in [1.165, 1.54) is 6.42 Å². The van der Waals surface area contributed by atoms with Crippen LogP contribution in [-0.2, 0) is 4.79 Å². The Morgan fingerprint density at radius 2 is 2.12 bits per heavy atom. The Kier molecular flexibility index (Phi) is 2.87. The van der Waals surface area contributed by atoms with Gasteiger partial charge in [0.25, 0.3) is 0 Å². The number of carbonyl (C=O) groups is 1. The quantitative estimate of drug-likeness (QED) is 0.693. The summed E-state index contributed by atoms with van der Waals surface area (Å²) in [4.78, 5) is 14.2. The second-order valence-electron chi connectivity index (χ2n) is 5.94. The van der Waals surface area contributed by atoms with Crippen LogP contribution in [0.1, 0.15) is 32.1 Å². The fraction of sp³-hybridized carbons (Fsp3) is 0.923. The Bertz CT molecular complexity index is 317. The molecule has 0 radical (unpaired) electrons. The van der Waals surface area contributed by atoms with Crippen molar-refractivity contribution in [2.75, 3.05) is 26.2 Å². The molecular weight excluding hydrogens is 216 g/mol. The molecule has 1 amide bonds. The summed E-state index contributed by atoms with van der Waals surface area (Å²) < 4.78 is 0. The van der Waals surface area contributed by atoms with Gasteiger partial charge < -0.3 is 15.3 Å². The molecule has 0 aromatic heterocycles. The smallest absolute Gasteiger partial charge is 0.228 e. The zero-order chi connectivity index (χ0) is 11.9. The van der Waals surface area contributed by atoms with E-state index in [-0.39, 0.29) is 5.92 Å². The maximum absolute atomic E-state index is 12.2. The molecule has 17 heavy (non-hydrogen) atoms. The number of piperidine rings is 1. The van der Waals surface area contributed by atoms with Crippen LogP contribution in [0.2, 0.25) is 0 Å². The van der Waals surface area contributed by atoms with E-state index in [9.17, 15) is 9.90 Å². The van der Waals surface area contributed by atoms with E-state index in [4.69, 9.17) is 0 Å². The fourth-order valence-electron chi connectivity index (χ4n) is 3.49. The average molecular weight is 238 g/mol. The molecule has 1 aliphatic carbocycles. The topological polar surface area (TPSA) is 52.6 Å². The lowest BCUT2D eigenvalue weighted by atomic mass is 9.71. The first-order chi connectivity index (χ1) is 8.19. The summed E-state index contributed by atoms with van der Waals surface area (Å²) >= 11 is 0. The average Bonchev–Trinajstić information content (AvgIpc) is 2.25. The van der Waals surface area contributed by atoms with Gasteiger partial charge in [-0.1, -0.05) is 12.8 Å². The Morgan fingerprint density at radius 3 is 2.82 bits per heavy atom. The van der Waals surface area contributed by atoms with Crippen molar-refractivity contribution in [3.63, 3.8) is 0 Å². The van der Waals surface area contributed by atoms with Gasteiger partial charge in [0.1, 0.15) is 0 Å². The van der Waals surface area contributed by atoms with Gasteiger partial charge in [-0.15, -0.1) is 0 Å². The first kappa shape index (κ1) is 11.5. The summed E-state index contributed by atoms with van der Waals surface area (Å²) in [5.74, 6) is 0.822. The highest BCUT2D eigenvalue weighted by Crippen LogP contribution is 2.40. The highest BCUT2D eigenvalue weighted by atomic mass is 16.3. The van der Waals surface area contributed by atoms with Gasteiger partial charge in [0.05, 0.1) is 11.5 Å². The Labute approximate surface area is 102 Å². The third-order valence-electron chi connectivity index (χ3n) is 4.87. The molecule has 4 heteroatoms. The summed E-state index contributed by atoms with van der Waals surface area (Å²) in [7, 11) is 0. The molecule has 0 aromatic rings. The van der Waals surface area contributed by atoms with E-state index < -0.39 is 5.60 Å². The zero-order valence-electron chi connectivity index (χ0n) is 10.3. The zero-order valence-corrected chi connectivity index (χ0v) is 10.3. The van der Waals surface area contributed by atoms with Crippen LogP contribution in [0.4, 0.5) is 0 Å². The normalized spacial score (nSPS) is 38.4. The SMILES string of the molecule is O=C(C1CNC1)N1CCC2(O)CCCCC2C1. The van der Waals surface area contributed by atoms with Gasteiger partial charge >= 0.3 is 0 Å². The number of nitrogens with one attached hydrogen (secondary N) is 1. The van der Waals surface area contributed by atoms with Crippen LogP contribution in [-0.4, -0.2) is 47.7 Å². The molecule has 4 nitrogen and oxygen atoms in total. The van der Waals surface area contributed by atoms with E-state index in [0.29, 0.717) is 11.8 Å². The van der Waals surface area contributed by atoms with Crippen molar-refractivity contribution in [1.82, 2.24) is 10.2 Å². The van der Waals surface area contributed by atoms with E-state index in [1.54, 1.807) is 0 Å². The van der Waals surface area contributed by atoms with Crippen LogP contribution in [0, 0.1) is 11.8 Å². The first-order valence-electron chi connectivity index (χ1n) is 6.91. The van der Waals surface area contributed by atoms with E-state index in [0.717, 1.165) is 51.9 Å². The van der Waals surface area contributed by atoms with Crippen LogP contribution in [0.15, 0.2) is 0 Å². The van der Waals surface area contributed by atoms with Crippen LogP contribution >= 0.6 is 0 Å². The Balaban J connectivity index is 1.64. The van der Waals surface area contributed by atoms with Gasteiger partial charge in [0.15, 0.2) is 0 Å². The molecule has 2 heterocycles. The number of rotatable bonds is 1. The van der Waals surface area contributed by atoms with E-state index in [2.05, 4.69) is 5.32 Å². The molecule has 2 unspecified atom stereocenters. The van der Waals surface area contributed by atoms with Crippen molar-refractivity contribution in [3.05, 3.63) is 0 Å². The maximum atomic E-state index is 12.2. The third kappa shape index (κ3) is 1.97. The molecule has 2 saturated heterocycles. The molecule has 96 valence electrons. The predicted octanol–water partition coefficient (Wildman–Crippen LogP) is 0.359. The highest BCUT2D eigenvalue weighted by molar-refractivity contribution is 5.80. The number of amides is 1. The summed E-state index contributed by atoms with van der Waals surface area (Å²) in [5, 5.41) is 13.7. The van der Waals surface area contributed by atoms with Crippen molar-refractivity contribution >= 4 is 5.91 Å². The summed E-state index contributed by atoms with van der Waals surface area (Å²) in [6.07, 6.45) is 5.16. The van der Waals surface area contributed by atoms with E-state index >= 15 is 0 Å². The predicted molar refractivity (Wildman–Crippen MR) is 64.5 cm³/mol. The maximum Gasteiger partial charge on any atom is 0.228 e. The molecule has 0 aromatic carbocycles. The molecule has 1 saturated carbocycles. The van der Waals surface area contributed by atoms with Crippen molar-refractivity contribution in [2.45, 2.75) is 37.7 Å². The molecular formula is C13H22N2O2. The minimum absolute atomic E-state index is 0.199. The minimum atomic E-state index is -0.465. The standard InChI is InChI=1S/C13H22N2O2/c16-12(10-7-14-8-10)15-6-5-13(17)4-2-1-3-11(13)9-15/h10-11,14,17H,1-9H2. The van der Waals surface area contributed by atoms with Crippen LogP contribution in [0.5, 0.6) is 0 Å². The van der Waals surface area contributed by atoms with Gasteiger partial charge in [-0.3, -0.25) is 4.79 Å². The summed E-state index contributed by atoms with van der Waals surface area (Å²) in [6.45, 7) is 3.21. The molecule has 3 rings (SSSR count). The second-order valence-corrected chi connectivity index (χ2v) is 5.94.